The molecule has 1 atom stereocenters. The lowest BCUT2D eigenvalue weighted by molar-refractivity contribution is 0.442. The minimum atomic E-state index is 0.658. The zero-order valence-corrected chi connectivity index (χ0v) is 11.6. The van der Waals surface area contributed by atoms with Crippen LogP contribution in [0.5, 0.6) is 0 Å². The summed E-state index contributed by atoms with van der Waals surface area (Å²) in [6, 6.07) is 10.8. The van der Waals surface area contributed by atoms with Gasteiger partial charge in [0, 0.05) is 0 Å². The number of hydrogen-bond donors (Lipinski definition) is 1. The first-order valence-corrected chi connectivity index (χ1v) is 7.03. The SMILES string of the molecule is CCC(CC)CNCCC(C)c1ccccc1. The van der Waals surface area contributed by atoms with Crippen molar-refractivity contribution in [3.05, 3.63) is 35.9 Å². The maximum absolute atomic E-state index is 3.59. The van der Waals surface area contributed by atoms with Gasteiger partial charge in [-0.05, 0) is 36.9 Å². The second kappa shape index (κ2) is 8.30. The average molecular weight is 233 g/mol. The second-order valence-corrected chi connectivity index (χ2v) is 4.99. The molecule has 0 spiro atoms. The zero-order chi connectivity index (χ0) is 12.5. The molecule has 96 valence electrons. The van der Waals surface area contributed by atoms with Gasteiger partial charge in [-0.2, -0.15) is 0 Å². The highest BCUT2D eigenvalue weighted by Gasteiger charge is 2.05. The van der Waals surface area contributed by atoms with Gasteiger partial charge in [0.15, 0.2) is 0 Å². The molecule has 0 aliphatic heterocycles. The van der Waals surface area contributed by atoms with Gasteiger partial charge in [-0.3, -0.25) is 0 Å². The van der Waals surface area contributed by atoms with E-state index in [-0.39, 0.29) is 0 Å². The zero-order valence-electron chi connectivity index (χ0n) is 11.6. The number of rotatable bonds is 8. The third-order valence-corrected chi connectivity index (χ3v) is 3.71. The lowest BCUT2D eigenvalue weighted by Gasteiger charge is -2.15. The number of hydrogen-bond acceptors (Lipinski definition) is 1. The van der Waals surface area contributed by atoms with Gasteiger partial charge in [0.2, 0.25) is 0 Å². The summed E-state index contributed by atoms with van der Waals surface area (Å²) in [5.74, 6) is 1.51. The molecular formula is C16H27N. The lowest BCUT2D eigenvalue weighted by atomic mass is 9.98. The van der Waals surface area contributed by atoms with Gasteiger partial charge >= 0.3 is 0 Å². The minimum Gasteiger partial charge on any atom is -0.316 e. The Bertz CT molecular complexity index is 277. The fourth-order valence-corrected chi connectivity index (χ4v) is 2.15. The van der Waals surface area contributed by atoms with Crippen molar-refractivity contribution in [1.29, 1.82) is 0 Å². The fourth-order valence-electron chi connectivity index (χ4n) is 2.15. The van der Waals surface area contributed by atoms with Crippen molar-refractivity contribution < 1.29 is 0 Å². The van der Waals surface area contributed by atoms with Gasteiger partial charge in [-0.25, -0.2) is 0 Å². The molecule has 1 nitrogen and oxygen atoms in total. The number of benzene rings is 1. The van der Waals surface area contributed by atoms with E-state index in [0.717, 1.165) is 12.5 Å². The Kier molecular flexibility index (Phi) is 6.95. The predicted molar refractivity (Wildman–Crippen MR) is 76.4 cm³/mol. The molecule has 0 aliphatic rings. The third kappa shape index (κ3) is 5.36. The first-order chi connectivity index (χ1) is 8.27. The Hall–Kier alpha value is -0.820. The van der Waals surface area contributed by atoms with Crippen molar-refractivity contribution in [2.75, 3.05) is 13.1 Å². The minimum absolute atomic E-state index is 0.658. The van der Waals surface area contributed by atoms with Crippen LogP contribution in [0, 0.1) is 5.92 Å². The molecule has 1 heteroatoms. The highest BCUT2D eigenvalue weighted by molar-refractivity contribution is 5.18. The van der Waals surface area contributed by atoms with Crippen LogP contribution >= 0.6 is 0 Å². The molecule has 0 saturated heterocycles. The monoisotopic (exact) mass is 233 g/mol. The molecule has 0 amide bonds. The lowest BCUT2D eigenvalue weighted by Crippen LogP contribution is -2.24. The van der Waals surface area contributed by atoms with Crippen LogP contribution in [-0.2, 0) is 0 Å². The van der Waals surface area contributed by atoms with Gasteiger partial charge in [0.05, 0.1) is 0 Å². The van der Waals surface area contributed by atoms with Gasteiger partial charge in [-0.15, -0.1) is 0 Å². The Morgan fingerprint density at radius 1 is 1.06 bits per heavy atom. The van der Waals surface area contributed by atoms with Crippen molar-refractivity contribution in [2.24, 2.45) is 5.92 Å². The van der Waals surface area contributed by atoms with Crippen molar-refractivity contribution in [3.8, 4) is 0 Å². The van der Waals surface area contributed by atoms with E-state index in [4.69, 9.17) is 0 Å². The van der Waals surface area contributed by atoms with Crippen LogP contribution in [0.25, 0.3) is 0 Å². The summed E-state index contributed by atoms with van der Waals surface area (Å²) in [6.07, 6.45) is 3.81. The Morgan fingerprint density at radius 3 is 2.29 bits per heavy atom. The second-order valence-electron chi connectivity index (χ2n) is 4.99. The van der Waals surface area contributed by atoms with Crippen molar-refractivity contribution in [1.82, 2.24) is 5.32 Å². The summed E-state index contributed by atoms with van der Waals surface area (Å²) in [6.45, 7) is 9.18. The molecule has 1 aromatic carbocycles. The highest BCUT2D eigenvalue weighted by Crippen LogP contribution is 2.17. The third-order valence-electron chi connectivity index (χ3n) is 3.71. The molecule has 17 heavy (non-hydrogen) atoms. The van der Waals surface area contributed by atoms with E-state index in [0.29, 0.717) is 5.92 Å². The summed E-state index contributed by atoms with van der Waals surface area (Å²) in [5.41, 5.74) is 1.46. The number of nitrogens with one attached hydrogen (secondary N) is 1. The molecule has 1 rings (SSSR count). The van der Waals surface area contributed by atoms with Crippen LogP contribution in [0.4, 0.5) is 0 Å². The van der Waals surface area contributed by atoms with E-state index in [1.54, 1.807) is 0 Å². The summed E-state index contributed by atoms with van der Waals surface area (Å²) >= 11 is 0. The summed E-state index contributed by atoms with van der Waals surface area (Å²) in [7, 11) is 0. The molecule has 0 heterocycles. The van der Waals surface area contributed by atoms with Crippen LogP contribution in [0.15, 0.2) is 30.3 Å². The van der Waals surface area contributed by atoms with Gasteiger partial charge in [0.1, 0.15) is 0 Å². The maximum Gasteiger partial charge on any atom is -0.00207 e. The first kappa shape index (κ1) is 14.2. The molecule has 0 aliphatic carbocycles. The van der Waals surface area contributed by atoms with Crippen LogP contribution in [0.1, 0.15) is 51.5 Å². The summed E-state index contributed by atoms with van der Waals surface area (Å²) in [5, 5.41) is 3.59. The van der Waals surface area contributed by atoms with E-state index in [9.17, 15) is 0 Å². The van der Waals surface area contributed by atoms with Gasteiger partial charge in [0.25, 0.3) is 0 Å². The van der Waals surface area contributed by atoms with Gasteiger partial charge in [-0.1, -0.05) is 63.9 Å². The summed E-state index contributed by atoms with van der Waals surface area (Å²) < 4.78 is 0. The highest BCUT2D eigenvalue weighted by atomic mass is 14.9. The topological polar surface area (TPSA) is 12.0 Å². The van der Waals surface area contributed by atoms with Crippen molar-refractivity contribution in [2.45, 2.75) is 46.0 Å². The van der Waals surface area contributed by atoms with E-state index in [1.807, 2.05) is 0 Å². The van der Waals surface area contributed by atoms with Crippen LogP contribution < -0.4 is 5.32 Å². The molecule has 1 N–H and O–H groups in total. The Labute approximate surface area is 107 Å². The van der Waals surface area contributed by atoms with Crippen LogP contribution in [0.3, 0.4) is 0 Å². The molecule has 0 saturated carbocycles. The van der Waals surface area contributed by atoms with E-state index in [2.05, 4.69) is 56.4 Å². The quantitative estimate of drug-likeness (QED) is 0.663. The largest absolute Gasteiger partial charge is 0.316 e. The average Bonchev–Trinajstić information content (AvgIpc) is 2.40. The van der Waals surface area contributed by atoms with E-state index in [1.165, 1.54) is 31.4 Å². The van der Waals surface area contributed by atoms with E-state index < -0.39 is 0 Å². The molecule has 0 fully saturated rings. The van der Waals surface area contributed by atoms with Gasteiger partial charge < -0.3 is 5.32 Å². The normalized spacial score (nSPS) is 12.9. The predicted octanol–water partition coefficient (Wildman–Crippen LogP) is 4.21. The first-order valence-electron chi connectivity index (χ1n) is 7.03. The van der Waals surface area contributed by atoms with Crippen LogP contribution in [0.2, 0.25) is 0 Å². The standard InChI is InChI=1S/C16H27N/c1-4-15(5-2)13-17-12-11-14(3)16-9-7-6-8-10-16/h6-10,14-15,17H,4-5,11-13H2,1-3H3. The van der Waals surface area contributed by atoms with E-state index >= 15 is 0 Å². The molecule has 1 unspecified atom stereocenters. The molecule has 1 aromatic rings. The Balaban J connectivity index is 2.19. The molecule has 0 bridgehead atoms. The molecule has 0 aromatic heterocycles. The molecular weight excluding hydrogens is 206 g/mol. The van der Waals surface area contributed by atoms with Crippen molar-refractivity contribution >= 4 is 0 Å². The van der Waals surface area contributed by atoms with Crippen LogP contribution in [-0.4, -0.2) is 13.1 Å². The van der Waals surface area contributed by atoms with Crippen molar-refractivity contribution in [3.63, 3.8) is 0 Å². The molecule has 0 radical (unpaired) electrons. The maximum atomic E-state index is 3.59. The fraction of sp³-hybridized carbons (Fsp3) is 0.625. The summed E-state index contributed by atoms with van der Waals surface area (Å²) in [4.78, 5) is 0. The Morgan fingerprint density at radius 2 is 1.71 bits per heavy atom. The smallest absolute Gasteiger partial charge is 0.00207 e.